The Bertz CT molecular complexity index is 313. The molecule has 2 unspecified atom stereocenters. The number of hydrogen-bond donors (Lipinski definition) is 1. The summed E-state index contributed by atoms with van der Waals surface area (Å²) in [6.45, 7) is 6.17. The molecule has 0 saturated heterocycles. The minimum Gasteiger partial charge on any atom is -0.384 e. The normalized spacial score (nSPS) is 14.8. The zero-order chi connectivity index (χ0) is 12.7. The smallest absolute Gasteiger partial charge is 0.0753 e. The van der Waals surface area contributed by atoms with E-state index >= 15 is 0 Å². The van der Waals surface area contributed by atoms with Crippen LogP contribution in [-0.4, -0.2) is 35.3 Å². The first-order valence-electron chi connectivity index (χ1n) is 6.25. The summed E-state index contributed by atoms with van der Waals surface area (Å²) >= 11 is 0. The standard InChI is InChI=1S/C12H24N4O/c1-5-6-13-11(7-10(2)9-17-4)12-8-14-15-16(12)3/h8,10-11,13H,5-7,9H2,1-4H3. The zero-order valence-corrected chi connectivity index (χ0v) is 11.3. The van der Waals surface area contributed by atoms with Gasteiger partial charge in [0.05, 0.1) is 17.9 Å². The topological polar surface area (TPSA) is 52.0 Å². The van der Waals surface area contributed by atoms with Gasteiger partial charge in [0.2, 0.25) is 0 Å². The fourth-order valence-corrected chi connectivity index (χ4v) is 2.00. The van der Waals surface area contributed by atoms with Gasteiger partial charge in [0.1, 0.15) is 0 Å². The van der Waals surface area contributed by atoms with E-state index in [0.29, 0.717) is 12.0 Å². The third kappa shape index (κ3) is 4.44. The van der Waals surface area contributed by atoms with Crippen molar-refractivity contribution in [1.82, 2.24) is 20.3 Å². The highest BCUT2D eigenvalue weighted by Gasteiger charge is 2.18. The van der Waals surface area contributed by atoms with E-state index in [9.17, 15) is 0 Å². The molecule has 5 heteroatoms. The molecule has 0 fully saturated rings. The summed E-state index contributed by atoms with van der Waals surface area (Å²) in [7, 11) is 3.68. The number of rotatable bonds is 8. The molecule has 1 aromatic heterocycles. The maximum absolute atomic E-state index is 5.19. The molecule has 17 heavy (non-hydrogen) atoms. The predicted molar refractivity (Wildman–Crippen MR) is 67.7 cm³/mol. The van der Waals surface area contributed by atoms with Crippen LogP contribution in [0.15, 0.2) is 6.20 Å². The molecule has 1 N–H and O–H groups in total. The summed E-state index contributed by atoms with van der Waals surface area (Å²) in [6.07, 6.45) is 4.00. The number of nitrogens with one attached hydrogen (secondary N) is 1. The molecule has 0 aliphatic rings. The number of aryl methyl sites for hydroxylation is 1. The van der Waals surface area contributed by atoms with Crippen molar-refractivity contribution in [2.75, 3.05) is 20.3 Å². The lowest BCUT2D eigenvalue weighted by molar-refractivity contribution is 0.148. The lowest BCUT2D eigenvalue weighted by Crippen LogP contribution is -2.26. The Kier molecular flexibility index (Phi) is 6.15. The van der Waals surface area contributed by atoms with Crippen LogP contribution in [0.2, 0.25) is 0 Å². The largest absolute Gasteiger partial charge is 0.384 e. The highest BCUT2D eigenvalue weighted by molar-refractivity contribution is 5.02. The molecule has 0 bridgehead atoms. The van der Waals surface area contributed by atoms with Crippen molar-refractivity contribution >= 4 is 0 Å². The van der Waals surface area contributed by atoms with E-state index in [1.165, 1.54) is 0 Å². The summed E-state index contributed by atoms with van der Waals surface area (Å²) in [5, 5.41) is 11.5. The average molecular weight is 240 g/mol. The highest BCUT2D eigenvalue weighted by atomic mass is 16.5. The fourth-order valence-electron chi connectivity index (χ4n) is 2.00. The predicted octanol–water partition coefficient (Wildman–Crippen LogP) is 1.53. The van der Waals surface area contributed by atoms with Gasteiger partial charge in [-0.3, -0.25) is 4.68 Å². The van der Waals surface area contributed by atoms with E-state index in [4.69, 9.17) is 4.74 Å². The molecular formula is C12H24N4O. The van der Waals surface area contributed by atoms with Crippen LogP contribution in [0, 0.1) is 5.92 Å². The molecule has 1 rings (SSSR count). The van der Waals surface area contributed by atoms with Crippen LogP contribution in [0.3, 0.4) is 0 Å². The monoisotopic (exact) mass is 240 g/mol. The number of aromatic nitrogens is 3. The SMILES string of the molecule is CCCNC(CC(C)COC)c1cnnn1C. The second-order valence-corrected chi connectivity index (χ2v) is 4.59. The molecule has 5 nitrogen and oxygen atoms in total. The van der Waals surface area contributed by atoms with Crippen molar-refractivity contribution in [1.29, 1.82) is 0 Å². The van der Waals surface area contributed by atoms with Gasteiger partial charge in [-0.05, 0) is 25.3 Å². The van der Waals surface area contributed by atoms with E-state index < -0.39 is 0 Å². The lowest BCUT2D eigenvalue weighted by atomic mass is 10.00. The number of nitrogens with zero attached hydrogens (tertiary/aromatic N) is 3. The Morgan fingerprint density at radius 2 is 2.29 bits per heavy atom. The van der Waals surface area contributed by atoms with Crippen molar-refractivity contribution in [2.24, 2.45) is 13.0 Å². The van der Waals surface area contributed by atoms with Gasteiger partial charge < -0.3 is 10.1 Å². The van der Waals surface area contributed by atoms with Crippen LogP contribution in [0.5, 0.6) is 0 Å². The van der Waals surface area contributed by atoms with Crippen molar-refractivity contribution in [3.05, 3.63) is 11.9 Å². The molecule has 0 aliphatic heterocycles. The maximum atomic E-state index is 5.19. The van der Waals surface area contributed by atoms with Gasteiger partial charge in [-0.2, -0.15) is 0 Å². The van der Waals surface area contributed by atoms with Crippen LogP contribution < -0.4 is 5.32 Å². The fraction of sp³-hybridized carbons (Fsp3) is 0.833. The first-order chi connectivity index (χ1) is 8.19. The van der Waals surface area contributed by atoms with Gasteiger partial charge >= 0.3 is 0 Å². The highest BCUT2D eigenvalue weighted by Crippen LogP contribution is 2.20. The second-order valence-electron chi connectivity index (χ2n) is 4.59. The van der Waals surface area contributed by atoms with E-state index in [1.54, 1.807) is 7.11 Å². The van der Waals surface area contributed by atoms with Gasteiger partial charge in [-0.15, -0.1) is 5.10 Å². The molecule has 98 valence electrons. The first-order valence-corrected chi connectivity index (χ1v) is 6.25. The molecule has 0 aromatic carbocycles. The van der Waals surface area contributed by atoms with E-state index in [1.807, 2.05) is 17.9 Å². The van der Waals surface area contributed by atoms with Crippen LogP contribution in [0.1, 0.15) is 38.4 Å². The van der Waals surface area contributed by atoms with E-state index in [-0.39, 0.29) is 0 Å². The quantitative estimate of drug-likeness (QED) is 0.748. The Morgan fingerprint density at radius 1 is 1.53 bits per heavy atom. The molecule has 0 spiro atoms. The molecule has 1 aromatic rings. The third-order valence-corrected chi connectivity index (χ3v) is 2.84. The van der Waals surface area contributed by atoms with E-state index in [0.717, 1.165) is 31.7 Å². The van der Waals surface area contributed by atoms with Gasteiger partial charge in [0.15, 0.2) is 0 Å². The van der Waals surface area contributed by atoms with Crippen molar-refractivity contribution in [3.63, 3.8) is 0 Å². The molecule has 0 amide bonds. The Labute approximate surface area is 104 Å². The Hall–Kier alpha value is -0.940. The summed E-state index contributed by atoms with van der Waals surface area (Å²) in [5.41, 5.74) is 1.14. The summed E-state index contributed by atoms with van der Waals surface area (Å²) in [4.78, 5) is 0. The minimum atomic E-state index is 0.306. The molecule has 0 radical (unpaired) electrons. The molecular weight excluding hydrogens is 216 g/mol. The van der Waals surface area contributed by atoms with Crippen LogP contribution in [0.4, 0.5) is 0 Å². The van der Waals surface area contributed by atoms with E-state index in [2.05, 4.69) is 29.5 Å². The van der Waals surface area contributed by atoms with Crippen LogP contribution in [-0.2, 0) is 11.8 Å². The Balaban J connectivity index is 2.63. The van der Waals surface area contributed by atoms with Crippen molar-refractivity contribution in [3.8, 4) is 0 Å². The van der Waals surface area contributed by atoms with Crippen LogP contribution >= 0.6 is 0 Å². The number of methoxy groups -OCH3 is 1. The minimum absolute atomic E-state index is 0.306. The maximum Gasteiger partial charge on any atom is 0.0753 e. The second kappa shape index (κ2) is 7.40. The van der Waals surface area contributed by atoms with Crippen molar-refractivity contribution in [2.45, 2.75) is 32.7 Å². The van der Waals surface area contributed by atoms with Gasteiger partial charge in [0.25, 0.3) is 0 Å². The average Bonchev–Trinajstić information content (AvgIpc) is 2.71. The molecule has 1 heterocycles. The number of hydrogen-bond acceptors (Lipinski definition) is 4. The third-order valence-electron chi connectivity index (χ3n) is 2.84. The van der Waals surface area contributed by atoms with Crippen LogP contribution in [0.25, 0.3) is 0 Å². The first kappa shape index (κ1) is 14.1. The molecule has 2 atom stereocenters. The van der Waals surface area contributed by atoms with Gasteiger partial charge in [0, 0.05) is 20.8 Å². The number of ether oxygens (including phenoxy) is 1. The van der Waals surface area contributed by atoms with Gasteiger partial charge in [-0.1, -0.05) is 19.1 Å². The molecule has 0 aliphatic carbocycles. The zero-order valence-electron chi connectivity index (χ0n) is 11.3. The summed E-state index contributed by atoms with van der Waals surface area (Å²) in [6, 6.07) is 0.306. The summed E-state index contributed by atoms with van der Waals surface area (Å²) < 4.78 is 7.03. The molecule has 0 saturated carbocycles. The van der Waals surface area contributed by atoms with Crippen molar-refractivity contribution < 1.29 is 4.74 Å². The Morgan fingerprint density at radius 3 is 2.82 bits per heavy atom. The summed E-state index contributed by atoms with van der Waals surface area (Å²) in [5.74, 6) is 0.518. The lowest BCUT2D eigenvalue weighted by Gasteiger charge is -2.21. The van der Waals surface area contributed by atoms with Gasteiger partial charge in [-0.25, -0.2) is 0 Å².